The van der Waals surface area contributed by atoms with Gasteiger partial charge in [-0.05, 0) is 18.1 Å². The van der Waals surface area contributed by atoms with E-state index < -0.39 is 6.09 Å². The number of hydrogen-bond donors (Lipinski definition) is 1. The van der Waals surface area contributed by atoms with E-state index in [0.29, 0.717) is 5.75 Å². The van der Waals surface area contributed by atoms with E-state index in [1.165, 1.54) is 11.9 Å². The van der Waals surface area contributed by atoms with E-state index in [1.54, 1.807) is 11.8 Å². The molecule has 1 aromatic carbocycles. The summed E-state index contributed by atoms with van der Waals surface area (Å²) < 4.78 is 0. The summed E-state index contributed by atoms with van der Waals surface area (Å²) in [6.45, 7) is 4.05. The van der Waals surface area contributed by atoms with Gasteiger partial charge >= 0.3 is 6.09 Å². The van der Waals surface area contributed by atoms with Crippen molar-refractivity contribution in [1.29, 1.82) is 0 Å². The molecule has 1 aromatic rings. The zero-order valence-electron chi connectivity index (χ0n) is 10.8. The predicted molar refractivity (Wildman–Crippen MR) is 75.0 cm³/mol. The first-order valence-corrected chi connectivity index (χ1v) is 6.75. The Kier molecular flexibility index (Phi) is 6.28. The average Bonchev–Trinajstić information content (AvgIpc) is 2.39. The van der Waals surface area contributed by atoms with Crippen LogP contribution in [0.1, 0.15) is 13.8 Å². The first kappa shape index (κ1) is 14.6. The van der Waals surface area contributed by atoms with Gasteiger partial charge in [-0.25, -0.2) is 4.79 Å². The van der Waals surface area contributed by atoms with Crippen molar-refractivity contribution in [2.24, 2.45) is 11.1 Å². The SMILES string of the molecule is CNC(=O)ON=C(CSc1ccccc1)C(C)C. The number of thioether (sulfide) groups is 1. The molecule has 0 spiro atoms. The minimum absolute atomic E-state index is 0.242. The number of nitrogens with zero attached hydrogens (tertiary/aromatic N) is 1. The lowest BCUT2D eigenvalue weighted by Gasteiger charge is -2.09. The van der Waals surface area contributed by atoms with Crippen LogP contribution in [0.3, 0.4) is 0 Å². The molecule has 5 heteroatoms. The summed E-state index contributed by atoms with van der Waals surface area (Å²) in [5, 5.41) is 6.25. The molecule has 18 heavy (non-hydrogen) atoms. The molecule has 0 heterocycles. The molecule has 0 atom stereocenters. The highest BCUT2D eigenvalue weighted by Crippen LogP contribution is 2.18. The quantitative estimate of drug-likeness (QED) is 0.385. The lowest BCUT2D eigenvalue weighted by Crippen LogP contribution is -2.19. The molecule has 0 fully saturated rings. The molecular formula is C13H18N2O2S. The van der Waals surface area contributed by atoms with Crippen molar-refractivity contribution in [2.45, 2.75) is 18.7 Å². The van der Waals surface area contributed by atoms with E-state index in [-0.39, 0.29) is 5.92 Å². The average molecular weight is 266 g/mol. The number of rotatable bonds is 5. The molecule has 0 bridgehead atoms. The number of amides is 1. The maximum atomic E-state index is 11.0. The fourth-order valence-electron chi connectivity index (χ4n) is 1.12. The van der Waals surface area contributed by atoms with Gasteiger partial charge < -0.3 is 5.32 Å². The summed E-state index contributed by atoms with van der Waals surface area (Å²) >= 11 is 1.67. The Balaban J connectivity index is 2.56. The van der Waals surface area contributed by atoms with Gasteiger partial charge in [0.1, 0.15) is 0 Å². The van der Waals surface area contributed by atoms with Gasteiger partial charge in [0.05, 0.1) is 5.71 Å². The van der Waals surface area contributed by atoms with Crippen LogP contribution in [0.4, 0.5) is 4.79 Å². The molecule has 0 radical (unpaired) electrons. The van der Waals surface area contributed by atoms with Crippen molar-refractivity contribution in [3.8, 4) is 0 Å². The third kappa shape index (κ3) is 5.23. The van der Waals surface area contributed by atoms with Crippen molar-refractivity contribution in [1.82, 2.24) is 5.32 Å². The molecule has 1 N–H and O–H groups in total. The molecule has 98 valence electrons. The highest BCUT2D eigenvalue weighted by molar-refractivity contribution is 8.00. The monoisotopic (exact) mass is 266 g/mol. The largest absolute Gasteiger partial charge is 0.433 e. The van der Waals surface area contributed by atoms with Gasteiger partial charge in [0.2, 0.25) is 0 Å². The van der Waals surface area contributed by atoms with Crippen LogP contribution in [-0.2, 0) is 4.84 Å². The first-order valence-electron chi connectivity index (χ1n) is 5.76. The molecule has 0 aliphatic heterocycles. The van der Waals surface area contributed by atoms with Crippen LogP contribution in [0, 0.1) is 5.92 Å². The van der Waals surface area contributed by atoms with E-state index in [9.17, 15) is 4.79 Å². The lowest BCUT2D eigenvalue weighted by atomic mass is 10.1. The summed E-state index contributed by atoms with van der Waals surface area (Å²) in [4.78, 5) is 16.9. The van der Waals surface area contributed by atoms with Crippen LogP contribution >= 0.6 is 11.8 Å². The van der Waals surface area contributed by atoms with Crippen LogP contribution in [0.25, 0.3) is 0 Å². The van der Waals surface area contributed by atoms with Crippen LogP contribution in [0.15, 0.2) is 40.4 Å². The summed E-state index contributed by atoms with van der Waals surface area (Å²) in [6.07, 6.45) is -0.544. The molecule has 0 aromatic heterocycles. The molecular weight excluding hydrogens is 248 g/mol. The maximum Gasteiger partial charge on any atom is 0.433 e. The third-order valence-corrected chi connectivity index (χ3v) is 3.29. The summed E-state index contributed by atoms with van der Waals surface area (Å²) in [5.74, 6) is 0.949. The van der Waals surface area contributed by atoms with Crippen molar-refractivity contribution >= 4 is 23.6 Å². The van der Waals surface area contributed by atoms with Crippen LogP contribution < -0.4 is 5.32 Å². The van der Waals surface area contributed by atoms with E-state index in [4.69, 9.17) is 4.84 Å². The molecule has 4 nitrogen and oxygen atoms in total. The highest BCUT2D eigenvalue weighted by atomic mass is 32.2. The minimum atomic E-state index is -0.544. The second-order valence-corrected chi connectivity index (χ2v) is 5.02. The van der Waals surface area contributed by atoms with Crippen LogP contribution in [0.2, 0.25) is 0 Å². The van der Waals surface area contributed by atoms with Crippen molar-refractivity contribution in [2.75, 3.05) is 12.8 Å². The number of nitrogens with one attached hydrogen (secondary N) is 1. The predicted octanol–water partition coefficient (Wildman–Crippen LogP) is 3.15. The Bertz CT molecular complexity index is 405. The van der Waals surface area contributed by atoms with E-state index >= 15 is 0 Å². The van der Waals surface area contributed by atoms with Gasteiger partial charge in [-0.2, -0.15) is 0 Å². The molecule has 0 aliphatic carbocycles. The number of carbonyl (C=O) groups excluding carboxylic acids is 1. The molecule has 1 rings (SSSR count). The first-order chi connectivity index (χ1) is 8.63. The fourth-order valence-corrected chi connectivity index (χ4v) is 2.17. The number of carbonyl (C=O) groups is 1. The third-order valence-electron chi connectivity index (χ3n) is 2.25. The summed E-state index contributed by atoms with van der Waals surface area (Å²) in [6, 6.07) is 10.1. The maximum absolute atomic E-state index is 11.0. The standard InChI is InChI=1S/C13H18N2O2S/c1-10(2)12(15-17-13(16)14-3)9-18-11-7-5-4-6-8-11/h4-8,10H,9H2,1-3H3,(H,14,16). The van der Waals surface area contributed by atoms with Gasteiger partial charge in [0.25, 0.3) is 0 Å². The molecule has 0 saturated carbocycles. The van der Waals surface area contributed by atoms with Gasteiger partial charge in [0.15, 0.2) is 0 Å². The van der Waals surface area contributed by atoms with Crippen molar-refractivity contribution in [3.05, 3.63) is 30.3 Å². The second-order valence-electron chi connectivity index (χ2n) is 3.97. The van der Waals surface area contributed by atoms with Gasteiger partial charge in [-0.1, -0.05) is 37.2 Å². The van der Waals surface area contributed by atoms with Gasteiger partial charge in [-0.3, -0.25) is 4.84 Å². The fraction of sp³-hybridized carbons (Fsp3) is 0.385. The van der Waals surface area contributed by atoms with E-state index in [2.05, 4.69) is 10.5 Å². The normalized spacial score (nSPS) is 11.4. The highest BCUT2D eigenvalue weighted by Gasteiger charge is 2.08. The lowest BCUT2D eigenvalue weighted by molar-refractivity contribution is 0.152. The van der Waals surface area contributed by atoms with Gasteiger partial charge in [-0.15, -0.1) is 11.8 Å². The molecule has 0 saturated heterocycles. The topological polar surface area (TPSA) is 50.7 Å². The Labute approximate surface area is 112 Å². The van der Waals surface area contributed by atoms with E-state index in [1.807, 2.05) is 44.2 Å². The summed E-state index contributed by atoms with van der Waals surface area (Å²) in [5.41, 5.74) is 0.854. The van der Waals surface area contributed by atoms with Crippen LogP contribution in [-0.4, -0.2) is 24.6 Å². The Morgan fingerprint density at radius 1 is 1.39 bits per heavy atom. The zero-order chi connectivity index (χ0) is 13.4. The minimum Gasteiger partial charge on any atom is -0.323 e. The molecule has 1 amide bonds. The molecule has 0 aliphatic rings. The number of hydrogen-bond acceptors (Lipinski definition) is 4. The Hall–Kier alpha value is -1.49. The Morgan fingerprint density at radius 3 is 2.61 bits per heavy atom. The zero-order valence-corrected chi connectivity index (χ0v) is 11.7. The smallest absolute Gasteiger partial charge is 0.323 e. The van der Waals surface area contributed by atoms with Gasteiger partial charge in [0, 0.05) is 17.7 Å². The molecule has 0 unspecified atom stereocenters. The second kappa shape index (κ2) is 7.76. The number of benzene rings is 1. The summed E-state index contributed by atoms with van der Waals surface area (Å²) in [7, 11) is 1.51. The van der Waals surface area contributed by atoms with E-state index in [0.717, 1.165) is 5.71 Å². The van der Waals surface area contributed by atoms with Crippen LogP contribution in [0.5, 0.6) is 0 Å². The van der Waals surface area contributed by atoms with Crippen molar-refractivity contribution in [3.63, 3.8) is 0 Å². The van der Waals surface area contributed by atoms with Crippen molar-refractivity contribution < 1.29 is 9.63 Å². The number of oxime groups is 1. The Morgan fingerprint density at radius 2 is 2.06 bits per heavy atom.